The molecule has 6 nitrogen and oxygen atoms in total. The van der Waals surface area contributed by atoms with Crippen molar-refractivity contribution in [3.8, 4) is 0 Å². The maximum absolute atomic E-state index is 13.3. The van der Waals surface area contributed by atoms with Crippen LogP contribution in [-0.2, 0) is 4.79 Å². The highest BCUT2D eigenvalue weighted by Gasteiger charge is 2.38. The van der Waals surface area contributed by atoms with Gasteiger partial charge < -0.3 is 16.0 Å². The largest absolute Gasteiger partial charge is 0.366 e. The van der Waals surface area contributed by atoms with E-state index in [0.29, 0.717) is 26.2 Å². The highest BCUT2D eigenvalue weighted by molar-refractivity contribution is 5.99. The normalized spacial score (nSPS) is 18.4. The van der Waals surface area contributed by atoms with E-state index < -0.39 is 29.7 Å². The first kappa shape index (κ1) is 18.8. The molecule has 0 saturated carbocycles. The van der Waals surface area contributed by atoms with Gasteiger partial charge in [-0.15, -0.1) is 0 Å². The molecule has 0 aromatic heterocycles. The summed E-state index contributed by atoms with van der Waals surface area (Å²) in [6.07, 6.45) is 1.90. The second-order valence-electron chi connectivity index (χ2n) is 6.25. The average molecular weight is 353 g/mol. The van der Waals surface area contributed by atoms with E-state index in [0.717, 1.165) is 4.90 Å². The predicted octanol–water partition coefficient (Wildman–Crippen LogP) is 1.55. The number of nitrogens with one attached hydrogen (secondary N) is 1. The van der Waals surface area contributed by atoms with Crippen LogP contribution in [0.3, 0.4) is 0 Å². The van der Waals surface area contributed by atoms with Gasteiger partial charge in [-0.25, -0.2) is 0 Å². The third-order valence-corrected chi connectivity index (χ3v) is 4.08. The van der Waals surface area contributed by atoms with Crippen LogP contribution in [0.5, 0.6) is 0 Å². The molecule has 1 heterocycles. The van der Waals surface area contributed by atoms with Crippen LogP contribution in [-0.4, -0.2) is 47.7 Å². The van der Waals surface area contributed by atoms with E-state index in [4.69, 9.17) is 5.73 Å². The van der Waals surface area contributed by atoms with Crippen molar-refractivity contribution in [2.45, 2.75) is 38.2 Å². The Hall–Kier alpha value is -2.51. The fourth-order valence-electron chi connectivity index (χ4n) is 2.80. The van der Waals surface area contributed by atoms with Gasteiger partial charge in [0.2, 0.25) is 5.91 Å². The predicted molar refractivity (Wildman–Crippen MR) is 87.3 cm³/mol. The molecule has 2 rings (SSSR count). The first-order chi connectivity index (χ1) is 11.7. The lowest BCUT2D eigenvalue weighted by Crippen LogP contribution is -2.48. The molecule has 1 fully saturated rings. The Kier molecular flexibility index (Phi) is 5.71. The van der Waals surface area contributed by atoms with E-state index in [9.17, 15) is 23.2 Å². The van der Waals surface area contributed by atoms with Gasteiger partial charge in [0, 0.05) is 37.2 Å². The summed E-state index contributed by atoms with van der Waals surface area (Å²) in [4.78, 5) is 36.5. The molecule has 0 aliphatic carbocycles. The number of likely N-dealkylation sites (tertiary alicyclic amines) is 1. The standard InChI is InChI=1S/C17H21F2N3O3/c1-17(18,19)16(25)22-8-3-2-7-13(10-22)21-15(24)12-6-4-5-11(9-12)14(20)23/h4-6,9,13H,2-3,7-8,10H2,1H3,(H2,20,23)(H,21,24)/t13-/m0/s1. The summed E-state index contributed by atoms with van der Waals surface area (Å²) in [5.74, 6) is -5.75. The van der Waals surface area contributed by atoms with Crippen molar-refractivity contribution in [2.24, 2.45) is 5.73 Å². The molecule has 1 aromatic rings. The summed E-state index contributed by atoms with van der Waals surface area (Å²) in [6, 6.07) is 5.50. The highest BCUT2D eigenvalue weighted by Crippen LogP contribution is 2.20. The Balaban J connectivity index is 2.07. The zero-order chi connectivity index (χ0) is 18.6. The fourth-order valence-corrected chi connectivity index (χ4v) is 2.80. The molecule has 3 N–H and O–H groups in total. The number of hydrogen-bond donors (Lipinski definition) is 2. The molecule has 136 valence electrons. The number of primary amides is 1. The Bertz CT molecular complexity index is 673. The summed E-state index contributed by atoms with van der Waals surface area (Å²) in [7, 11) is 0. The first-order valence-electron chi connectivity index (χ1n) is 8.06. The van der Waals surface area contributed by atoms with Gasteiger partial charge in [0.1, 0.15) is 0 Å². The molecule has 1 atom stereocenters. The van der Waals surface area contributed by atoms with E-state index in [-0.39, 0.29) is 24.2 Å². The summed E-state index contributed by atoms with van der Waals surface area (Å²) in [5.41, 5.74) is 5.65. The van der Waals surface area contributed by atoms with Gasteiger partial charge in [0.15, 0.2) is 0 Å². The number of carbonyl (C=O) groups is 3. The van der Waals surface area contributed by atoms with Gasteiger partial charge in [-0.05, 0) is 37.5 Å². The monoisotopic (exact) mass is 353 g/mol. The second kappa shape index (κ2) is 7.58. The number of alkyl halides is 2. The number of carbonyl (C=O) groups excluding carboxylic acids is 3. The highest BCUT2D eigenvalue weighted by atomic mass is 19.3. The Morgan fingerprint density at radius 1 is 1.24 bits per heavy atom. The van der Waals surface area contributed by atoms with E-state index >= 15 is 0 Å². The molecule has 8 heteroatoms. The number of benzene rings is 1. The minimum atomic E-state index is -3.44. The van der Waals surface area contributed by atoms with Crippen molar-refractivity contribution in [1.29, 1.82) is 0 Å². The topological polar surface area (TPSA) is 92.5 Å². The quantitative estimate of drug-likeness (QED) is 0.860. The van der Waals surface area contributed by atoms with Crippen LogP contribution in [0.25, 0.3) is 0 Å². The minimum absolute atomic E-state index is 0.0313. The zero-order valence-corrected chi connectivity index (χ0v) is 13.9. The van der Waals surface area contributed by atoms with Crippen molar-refractivity contribution in [1.82, 2.24) is 10.2 Å². The van der Waals surface area contributed by atoms with Crippen molar-refractivity contribution >= 4 is 17.7 Å². The van der Waals surface area contributed by atoms with Crippen LogP contribution in [0.4, 0.5) is 8.78 Å². The molecule has 1 aliphatic heterocycles. The number of halogens is 2. The lowest BCUT2D eigenvalue weighted by molar-refractivity contribution is -0.155. The summed E-state index contributed by atoms with van der Waals surface area (Å²) >= 11 is 0. The minimum Gasteiger partial charge on any atom is -0.366 e. The van der Waals surface area contributed by atoms with E-state index in [1.54, 1.807) is 0 Å². The fraction of sp³-hybridized carbons (Fsp3) is 0.471. The van der Waals surface area contributed by atoms with Crippen LogP contribution in [0.2, 0.25) is 0 Å². The number of hydrogen-bond acceptors (Lipinski definition) is 3. The summed E-state index contributed by atoms with van der Waals surface area (Å²) in [6.45, 7) is 0.846. The van der Waals surface area contributed by atoms with E-state index in [1.165, 1.54) is 24.3 Å². The molecule has 1 saturated heterocycles. The smallest absolute Gasteiger partial charge is 0.322 e. The van der Waals surface area contributed by atoms with Crippen molar-refractivity contribution in [3.63, 3.8) is 0 Å². The zero-order valence-electron chi connectivity index (χ0n) is 13.9. The van der Waals surface area contributed by atoms with Crippen molar-refractivity contribution in [2.75, 3.05) is 13.1 Å². The third-order valence-electron chi connectivity index (χ3n) is 4.08. The van der Waals surface area contributed by atoms with Crippen LogP contribution in [0.15, 0.2) is 24.3 Å². The Morgan fingerprint density at radius 3 is 2.56 bits per heavy atom. The van der Waals surface area contributed by atoms with Gasteiger partial charge in [0.25, 0.3) is 11.8 Å². The van der Waals surface area contributed by atoms with Gasteiger partial charge in [-0.3, -0.25) is 14.4 Å². The number of amides is 3. The lowest BCUT2D eigenvalue weighted by atomic mass is 10.1. The van der Waals surface area contributed by atoms with Crippen molar-refractivity contribution in [3.05, 3.63) is 35.4 Å². The van der Waals surface area contributed by atoms with Gasteiger partial charge in [-0.1, -0.05) is 6.07 Å². The van der Waals surface area contributed by atoms with Crippen LogP contribution in [0, 0.1) is 0 Å². The van der Waals surface area contributed by atoms with Crippen LogP contribution < -0.4 is 11.1 Å². The number of nitrogens with two attached hydrogens (primary N) is 1. The molecule has 1 aromatic carbocycles. The first-order valence-corrected chi connectivity index (χ1v) is 8.06. The average Bonchev–Trinajstić information content (AvgIpc) is 2.78. The van der Waals surface area contributed by atoms with E-state index in [2.05, 4.69) is 5.32 Å². The lowest BCUT2D eigenvalue weighted by Gasteiger charge is -2.27. The molecule has 0 bridgehead atoms. The molecular formula is C17H21F2N3O3. The van der Waals surface area contributed by atoms with Gasteiger partial charge >= 0.3 is 5.92 Å². The molecule has 1 aliphatic rings. The third kappa shape index (κ3) is 4.98. The van der Waals surface area contributed by atoms with Crippen molar-refractivity contribution < 1.29 is 23.2 Å². The Labute approximate surface area is 144 Å². The molecule has 0 radical (unpaired) electrons. The van der Waals surface area contributed by atoms with Gasteiger partial charge in [-0.2, -0.15) is 8.78 Å². The number of nitrogens with zero attached hydrogens (tertiary/aromatic N) is 1. The Morgan fingerprint density at radius 2 is 1.92 bits per heavy atom. The molecule has 0 unspecified atom stereocenters. The maximum Gasteiger partial charge on any atom is 0.322 e. The SMILES string of the molecule is CC(F)(F)C(=O)N1CCCC[C@H](NC(=O)c2cccc(C(N)=O)c2)C1. The number of rotatable bonds is 4. The summed E-state index contributed by atoms with van der Waals surface area (Å²) in [5, 5.41) is 2.75. The maximum atomic E-state index is 13.3. The van der Waals surface area contributed by atoms with Crippen LogP contribution in [0.1, 0.15) is 46.9 Å². The molecular weight excluding hydrogens is 332 g/mol. The molecule has 0 spiro atoms. The van der Waals surface area contributed by atoms with Crippen LogP contribution >= 0.6 is 0 Å². The molecule has 3 amide bonds. The second-order valence-corrected chi connectivity index (χ2v) is 6.25. The molecule has 25 heavy (non-hydrogen) atoms. The summed E-state index contributed by atoms with van der Waals surface area (Å²) < 4.78 is 26.6. The van der Waals surface area contributed by atoms with Gasteiger partial charge in [0.05, 0.1) is 0 Å². The van der Waals surface area contributed by atoms with E-state index in [1.807, 2.05) is 0 Å².